The van der Waals surface area contributed by atoms with Gasteiger partial charge in [0.2, 0.25) is 21.8 Å². The molecule has 0 aromatic heterocycles. The van der Waals surface area contributed by atoms with Gasteiger partial charge in [-0.05, 0) is 63.8 Å². The second-order valence-electron chi connectivity index (χ2n) is 11.4. The summed E-state index contributed by atoms with van der Waals surface area (Å²) in [5.41, 5.74) is 2.26. The Morgan fingerprint density at radius 2 is 1.86 bits per heavy atom. The van der Waals surface area contributed by atoms with E-state index in [4.69, 9.17) is 11.6 Å². The van der Waals surface area contributed by atoms with Gasteiger partial charge in [-0.25, -0.2) is 12.8 Å². The Morgan fingerprint density at radius 3 is 2.50 bits per heavy atom. The smallest absolute Gasteiger partial charge is 0.241 e. The lowest BCUT2D eigenvalue weighted by molar-refractivity contribution is -0.139. The van der Waals surface area contributed by atoms with Crippen molar-refractivity contribution in [1.29, 1.82) is 0 Å². The summed E-state index contributed by atoms with van der Waals surface area (Å²) in [5, 5.41) is 2.59. The lowest BCUT2D eigenvalue weighted by atomic mass is 9.76. The molecule has 9 nitrogen and oxygen atoms in total. The zero-order chi connectivity index (χ0) is 26.0. The Kier molecular flexibility index (Phi) is 9.18. The van der Waals surface area contributed by atoms with E-state index in [-0.39, 0.29) is 41.5 Å². The molecular weight excluding hydrogens is 509 g/mol. The average molecular weight is 550 g/mol. The largest absolute Gasteiger partial charge is 0.343 e. The fourth-order valence-corrected chi connectivity index (χ4v) is 7.99. The van der Waals surface area contributed by atoms with Crippen LogP contribution >= 0.6 is 11.6 Å². The standard InChI is InChI=1S/C24H41ClFN5O4S/c1-30-12-21(27-14-30)17-10-19(22(26)20(25)11-17)23(32)28-29-36(34,35)13-15-5-3-8-18(9-15)31(2)24(33)16-6-4-7-16/h15-22,27,29H,3-14H2,1-2H3,(H,28,32). The van der Waals surface area contributed by atoms with E-state index in [0.29, 0.717) is 19.3 Å². The van der Waals surface area contributed by atoms with Crippen LogP contribution in [-0.4, -0.2) is 86.7 Å². The quantitative estimate of drug-likeness (QED) is 0.313. The fourth-order valence-electron chi connectivity index (χ4n) is 6.32. The highest BCUT2D eigenvalue weighted by atomic mass is 35.5. The van der Waals surface area contributed by atoms with Gasteiger partial charge < -0.3 is 4.90 Å². The number of halogens is 2. The number of nitrogens with zero attached hydrogens (tertiary/aromatic N) is 2. The third kappa shape index (κ3) is 6.70. The molecule has 3 N–H and O–H groups in total. The summed E-state index contributed by atoms with van der Waals surface area (Å²) in [6.45, 7) is 1.53. The van der Waals surface area contributed by atoms with Crippen molar-refractivity contribution in [3.05, 3.63) is 0 Å². The molecule has 0 spiro atoms. The number of nitrogens with one attached hydrogen (secondary N) is 3. The predicted octanol–water partition coefficient (Wildman–Crippen LogP) is 1.59. The fraction of sp³-hybridized carbons (Fsp3) is 0.917. The Balaban J connectivity index is 1.27. The first-order valence-corrected chi connectivity index (χ1v) is 15.4. The summed E-state index contributed by atoms with van der Waals surface area (Å²) in [5.74, 6) is -1.61. The Bertz CT molecular complexity index is 907. The van der Waals surface area contributed by atoms with Crippen molar-refractivity contribution in [2.45, 2.75) is 81.4 Å². The summed E-state index contributed by atoms with van der Waals surface area (Å²) in [4.78, 5) is 31.6. The number of amides is 2. The van der Waals surface area contributed by atoms with Crippen LogP contribution in [0.1, 0.15) is 57.8 Å². The summed E-state index contributed by atoms with van der Waals surface area (Å²) >= 11 is 6.27. The van der Waals surface area contributed by atoms with Gasteiger partial charge in [0, 0.05) is 38.3 Å². The molecule has 0 bridgehead atoms. The van der Waals surface area contributed by atoms with Crippen LogP contribution in [-0.2, 0) is 19.6 Å². The minimum atomic E-state index is -3.82. The number of hydrazine groups is 1. The molecular formula is C24H41ClFN5O4S. The van der Waals surface area contributed by atoms with Gasteiger partial charge in [0.25, 0.3) is 0 Å². The van der Waals surface area contributed by atoms with E-state index >= 15 is 0 Å². The van der Waals surface area contributed by atoms with Gasteiger partial charge in [-0.2, -0.15) is 0 Å². The van der Waals surface area contributed by atoms with Crippen molar-refractivity contribution < 1.29 is 22.4 Å². The van der Waals surface area contributed by atoms with E-state index in [1.54, 1.807) is 0 Å². The monoisotopic (exact) mass is 549 g/mol. The van der Waals surface area contributed by atoms with Crippen LogP contribution in [0.25, 0.3) is 0 Å². The molecule has 1 aliphatic heterocycles. The van der Waals surface area contributed by atoms with Gasteiger partial charge in [-0.1, -0.05) is 12.8 Å². The number of sulfonamides is 1. The van der Waals surface area contributed by atoms with Crippen molar-refractivity contribution in [2.24, 2.45) is 23.7 Å². The number of carbonyl (C=O) groups is 2. The van der Waals surface area contributed by atoms with E-state index in [1.165, 1.54) is 0 Å². The molecule has 36 heavy (non-hydrogen) atoms. The number of alkyl halides is 2. The minimum absolute atomic E-state index is 0.0376. The molecule has 7 atom stereocenters. The van der Waals surface area contributed by atoms with E-state index in [2.05, 4.69) is 20.5 Å². The number of likely N-dealkylation sites (N-methyl/N-ethyl adjacent to an activating group) is 1. The van der Waals surface area contributed by atoms with Crippen molar-refractivity contribution in [3.63, 3.8) is 0 Å². The molecule has 7 unspecified atom stereocenters. The van der Waals surface area contributed by atoms with Gasteiger partial charge in [0.1, 0.15) is 6.17 Å². The maximum Gasteiger partial charge on any atom is 0.241 e. The number of rotatable bonds is 8. The predicted molar refractivity (Wildman–Crippen MR) is 136 cm³/mol. The first kappa shape index (κ1) is 28.0. The molecule has 1 heterocycles. The van der Waals surface area contributed by atoms with Crippen molar-refractivity contribution in [1.82, 2.24) is 25.4 Å². The van der Waals surface area contributed by atoms with E-state index < -0.39 is 33.4 Å². The van der Waals surface area contributed by atoms with Crippen LogP contribution in [0.15, 0.2) is 0 Å². The summed E-state index contributed by atoms with van der Waals surface area (Å²) in [7, 11) is -0.00350. The van der Waals surface area contributed by atoms with Crippen molar-refractivity contribution in [2.75, 3.05) is 33.1 Å². The summed E-state index contributed by atoms with van der Waals surface area (Å²) < 4.78 is 40.4. The first-order chi connectivity index (χ1) is 17.0. The molecule has 2 amide bonds. The van der Waals surface area contributed by atoms with Crippen molar-refractivity contribution in [3.8, 4) is 0 Å². The third-order valence-corrected chi connectivity index (χ3v) is 10.5. The Morgan fingerprint density at radius 1 is 1.14 bits per heavy atom. The molecule has 206 valence electrons. The van der Waals surface area contributed by atoms with E-state index in [9.17, 15) is 22.4 Å². The second kappa shape index (κ2) is 11.8. The third-order valence-electron chi connectivity index (χ3n) is 8.74. The van der Waals surface area contributed by atoms with Gasteiger partial charge in [0.15, 0.2) is 0 Å². The molecule has 4 aliphatic rings. The molecule has 0 aromatic carbocycles. The zero-order valence-corrected chi connectivity index (χ0v) is 22.9. The second-order valence-corrected chi connectivity index (χ2v) is 13.8. The van der Waals surface area contributed by atoms with Crippen LogP contribution < -0.4 is 15.6 Å². The average Bonchev–Trinajstić information content (AvgIpc) is 3.23. The Labute approximate surface area is 219 Å². The highest BCUT2D eigenvalue weighted by molar-refractivity contribution is 7.89. The van der Waals surface area contributed by atoms with Crippen LogP contribution in [0.2, 0.25) is 0 Å². The molecule has 0 radical (unpaired) electrons. The van der Waals surface area contributed by atoms with Gasteiger partial charge in [0.05, 0.1) is 17.0 Å². The maximum absolute atomic E-state index is 14.9. The van der Waals surface area contributed by atoms with Gasteiger partial charge >= 0.3 is 0 Å². The molecule has 4 rings (SSSR count). The SMILES string of the molecule is CN1CNC(C2CC(Cl)C(F)C(C(=O)NNS(=O)(=O)CC3CCCC(N(C)C(=O)C4CCC4)C3)C2)C1. The highest BCUT2D eigenvalue weighted by Crippen LogP contribution is 2.37. The summed E-state index contributed by atoms with van der Waals surface area (Å²) in [6, 6.07) is 0.168. The molecule has 4 fully saturated rings. The first-order valence-electron chi connectivity index (χ1n) is 13.3. The topological polar surface area (TPSA) is 111 Å². The highest BCUT2D eigenvalue weighted by Gasteiger charge is 2.44. The van der Waals surface area contributed by atoms with Crippen LogP contribution in [0.5, 0.6) is 0 Å². The van der Waals surface area contributed by atoms with Gasteiger partial charge in [-0.3, -0.25) is 25.2 Å². The lowest BCUT2D eigenvalue weighted by Gasteiger charge is -2.38. The molecule has 3 aliphatic carbocycles. The number of carbonyl (C=O) groups excluding carboxylic acids is 2. The molecule has 12 heteroatoms. The van der Waals surface area contributed by atoms with Crippen LogP contribution in [0, 0.1) is 23.7 Å². The molecule has 3 saturated carbocycles. The number of hydrogen-bond acceptors (Lipinski definition) is 6. The maximum atomic E-state index is 14.9. The normalized spacial score (nSPS) is 36.3. The minimum Gasteiger partial charge on any atom is -0.343 e. The lowest BCUT2D eigenvalue weighted by Crippen LogP contribution is -2.53. The van der Waals surface area contributed by atoms with Crippen molar-refractivity contribution >= 4 is 33.4 Å². The van der Waals surface area contributed by atoms with E-state index in [1.807, 2.05) is 19.0 Å². The summed E-state index contributed by atoms with van der Waals surface area (Å²) in [6.07, 6.45) is 5.35. The van der Waals surface area contributed by atoms with Crippen LogP contribution in [0.4, 0.5) is 4.39 Å². The Hall–Kier alpha value is -1.01. The molecule has 0 aromatic rings. The number of hydrogen-bond donors (Lipinski definition) is 3. The van der Waals surface area contributed by atoms with Crippen LogP contribution in [0.3, 0.4) is 0 Å². The van der Waals surface area contributed by atoms with Gasteiger partial charge in [-0.15, -0.1) is 16.4 Å². The van der Waals surface area contributed by atoms with E-state index in [0.717, 1.165) is 51.7 Å². The zero-order valence-electron chi connectivity index (χ0n) is 21.3. The molecule has 1 saturated heterocycles.